The maximum atomic E-state index is 12.7. The molecule has 1 N–H and O–H groups in total. The summed E-state index contributed by atoms with van der Waals surface area (Å²) < 4.78 is 0. The molecule has 4 rings (SSSR count). The molecule has 1 aliphatic heterocycles. The number of hydrogen-bond donors (Lipinski definition) is 1. The first-order valence-electron chi connectivity index (χ1n) is 9.23. The lowest BCUT2D eigenvalue weighted by atomic mass is 9.90. The van der Waals surface area contributed by atoms with Gasteiger partial charge in [0.15, 0.2) is 0 Å². The van der Waals surface area contributed by atoms with Crippen LogP contribution >= 0.6 is 0 Å². The molecule has 1 saturated heterocycles. The van der Waals surface area contributed by atoms with Crippen molar-refractivity contribution in [3.63, 3.8) is 0 Å². The van der Waals surface area contributed by atoms with Crippen LogP contribution in [0.25, 0.3) is 0 Å². The molecule has 0 bridgehead atoms. The number of rotatable bonds is 4. The molecule has 2 atom stereocenters. The Kier molecular flexibility index (Phi) is 4.07. The second-order valence-corrected chi connectivity index (χ2v) is 7.73. The van der Waals surface area contributed by atoms with Crippen LogP contribution in [0.15, 0.2) is 18.2 Å². The first-order valence-corrected chi connectivity index (χ1v) is 9.23. The Balaban J connectivity index is 1.43. The Morgan fingerprint density at radius 2 is 1.83 bits per heavy atom. The summed E-state index contributed by atoms with van der Waals surface area (Å²) in [5.74, 6) is -0.344. The average molecular weight is 327 g/mol. The van der Waals surface area contributed by atoms with Crippen molar-refractivity contribution in [2.24, 2.45) is 17.8 Å². The molecule has 1 aromatic rings. The number of benzene rings is 1. The molecule has 1 saturated carbocycles. The zero-order chi connectivity index (χ0) is 16.7. The summed E-state index contributed by atoms with van der Waals surface area (Å²) in [5, 5.41) is 9.44. The van der Waals surface area contributed by atoms with Crippen molar-refractivity contribution in [3.05, 3.63) is 34.9 Å². The van der Waals surface area contributed by atoms with E-state index in [4.69, 9.17) is 0 Å². The van der Waals surface area contributed by atoms with Gasteiger partial charge in [0.1, 0.15) is 0 Å². The van der Waals surface area contributed by atoms with Crippen molar-refractivity contribution < 1.29 is 14.7 Å². The van der Waals surface area contributed by atoms with E-state index < -0.39 is 5.97 Å². The van der Waals surface area contributed by atoms with Crippen LogP contribution in [-0.2, 0) is 28.9 Å². The van der Waals surface area contributed by atoms with Crippen molar-refractivity contribution in [2.45, 2.75) is 44.9 Å². The summed E-state index contributed by atoms with van der Waals surface area (Å²) in [7, 11) is 0. The van der Waals surface area contributed by atoms with Crippen molar-refractivity contribution in [3.8, 4) is 0 Å². The van der Waals surface area contributed by atoms with Gasteiger partial charge in [0.2, 0.25) is 5.91 Å². The highest BCUT2D eigenvalue weighted by Crippen LogP contribution is 2.44. The Hall–Kier alpha value is -1.84. The SMILES string of the molecule is O=C(O)[C@H]1CN(C(=O)Cc2ccc3c(c2)CCCC3)C[C@@H]1C1CC1. The van der Waals surface area contributed by atoms with Crippen LogP contribution in [0, 0.1) is 17.8 Å². The second kappa shape index (κ2) is 6.23. The highest BCUT2D eigenvalue weighted by Gasteiger charge is 2.46. The monoisotopic (exact) mass is 327 g/mol. The molecule has 24 heavy (non-hydrogen) atoms. The van der Waals surface area contributed by atoms with Gasteiger partial charge < -0.3 is 10.0 Å². The summed E-state index contributed by atoms with van der Waals surface area (Å²) in [4.78, 5) is 26.0. The van der Waals surface area contributed by atoms with E-state index in [1.807, 2.05) is 0 Å². The summed E-state index contributed by atoms with van der Waals surface area (Å²) in [5.41, 5.74) is 3.90. The van der Waals surface area contributed by atoms with Gasteiger partial charge in [-0.25, -0.2) is 0 Å². The van der Waals surface area contributed by atoms with Crippen molar-refractivity contribution in [1.82, 2.24) is 4.90 Å². The quantitative estimate of drug-likeness (QED) is 0.925. The molecule has 3 aliphatic rings. The second-order valence-electron chi connectivity index (χ2n) is 7.73. The highest BCUT2D eigenvalue weighted by molar-refractivity contribution is 5.81. The van der Waals surface area contributed by atoms with E-state index in [0.717, 1.165) is 31.2 Å². The van der Waals surface area contributed by atoms with Gasteiger partial charge in [0.25, 0.3) is 0 Å². The number of nitrogens with zero attached hydrogens (tertiary/aromatic N) is 1. The topological polar surface area (TPSA) is 57.6 Å². The summed E-state index contributed by atoms with van der Waals surface area (Å²) in [6.07, 6.45) is 7.42. The molecule has 0 spiro atoms. The molecule has 1 aromatic carbocycles. The van der Waals surface area contributed by atoms with Gasteiger partial charge in [0, 0.05) is 13.1 Å². The van der Waals surface area contributed by atoms with Crippen molar-refractivity contribution in [1.29, 1.82) is 0 Å². The normalized spacial score (nSPS) is 26.2. The van der Waals surface area contributed by atoms with Crippen LogP contribution in [0.2, 0.25) is 0 Å². The summed E-state index contributed by atoms with van der Waals surface area (Å²) in [6, 6.07) is 6.44. The van der Waals surface area contributed by atoms with Gasteiger partial charge in [-0.1, -0.05) is 18.2 Å². The minimum absolute atomic E-state index is 0.0835. The van der Waals surface area contributed by atoms with E-state index in [1.54, 1.807) is 4.90 Å². The molecular formula is C20H25NO3. The lowest BCUT2D eigenvalue weighted by Gasteiger charge is -2.19. The number of aryl methyl sites for hydroxylation is 2. The van der Waals surface area contributed by atoms with E-state index >= 15 is 0 Å². The number of amides is 1. The van der Waals surface area contributed by atoms with Gasteiger partial charge in [-0.15, -0.1) is 0 Å². The molecule has 1 heterocycles. The van der Waals surface area contributed by atoms with Gasteiger partial charge in [-0.2, -0.15) is 0 Å². The van der Waals surface area contributed by atoms with E-state index in [0.29, 0.717) is 25.4 Å². The Morgan fingerprint density at radius 1 is 1.08 bits per heavy atom. The van der Waals surface area contributed by atoms with Crippen LogP contribution in [0.3, 0.4) is 0 Å². The van der Waals surface area contributed by atoms with Gasteiger partial charge >= 0.3 is 5.97 Å². The predicted molar refractivity (Wildman–Crippen MR) is 90.7 cm³/mol. The largest absolute Gasteiger partial charge is 0.481 e. The van der Waals surface area contributed by atoms with Gasteiger partial charge in [0.05, 0.1) is 12.3 Å². The standard InChI is InChI=1S/C20H25NO3/c22-19(10-13-5-6-14-3-1-2-4-16(14)9-13)21-11-17(15-7-8-15)18(12-21)20(23)24/h5-6,9,15,17-18H,1-4,7-8,10-12H2,(H,23,24)/t17-,18+/m1/s1. The van der Waals surface area contributed by atoms with E-state index in [-0.39, 0.29) is 17.7 Å². The van der Waals surface area contributed by atoms with Gasteiger partial charge in [-0.3, -0.25) is 9.59 Å². The third-order valence-corrected chi connectivity index (χ3v) is 6.03. The zero-order valence-corrected chi connectivity index (χ0v) is 14.0. The molecule has 4 heteroatoms. The highest BCUT2D eigenvalue weighted by atomic mass is 16.4. The van der Waals surface area contributed by atoms with E-state index in [2.05, 4.69) is 18.2 Å². The fourth-order valence-electron chi connectivity index (χ4n) is 4.48. The van der Waals surface area contributed by atoms with Crippen LogP contribution < -0.4 is 0 Å². The molecule has 1 amide bonds. The maximum Gasteiger partial charge on any atom is 0.308 e. The minimum atomic E-state index is -0.740. The number of carboxylic acids is 1. The number of carbonyl (C=O) groups is 2. The molecule has 2 aliphatic carbocycles. The average Bonchev–Trinajstić information content (AvgIpc) is 3.32. The number of carbonyl (C=O) groups excluding carboxylic acids is 1. The van der Waals surface area contributed by atoms with Gasteiger partial charge in [-0.05, 0) is 67.1 Å². The molecule has 0 unspecified atom stereocenters. The van der Waals surface area contributed by atoms with E-state index in [1.165, 1.54) is 24.0 Å². The minimum Gasteiger partial charge on any atom is -0.481 e. The smallest absolute Gasteiger partial charge is 0.308 e. The summed E-state index contributed by atoms with van der Waals surface area (Å²) >= 11 is 0. The molecule has 128 valence electrons. The third-order valence-electron chi connectivity index (χ3n) is 6.03. The predicted octanol–water partition coefficient (Wildman–Crippen LogP) is 2.68. The molecular weight excluding hydrogens is 302 g/mol. The van der Waals surface area contributed by atoms with Crippen LogP contribution in [0.1, 0.15) is 42.4 Å². The third kappa shape index (κ3) is 3.06. The number of carboxylic acid groups (broad SMARTS) is 1. The van der Waals surface area contributed by atoms with Crippen LogP contribution in [-0.4, -0.2) is 35.0 Å². The number of fused-ring (bicyclic) bond motifs is 1. The Bertz CT molecular complexity index is 665. The molecule has 4 nitrogen and oxygen atoms in total. The molecule has 2 fully saturated rings. The first kappa shape index (κ1) is 15.7. The fraction of sp³-hybridized carbons (Fsp3) is 0.600. The fourth-order valence-corrected chi connectivity index (χ4v) is 4.48. The lowest BCUT2D eigenvalue weighted by Crippen LogP contribution is -2.31. The molecule has 0 aromatic heterocycles. The number of likely N-dealkylation sites (tertiary alicyclic amines) is 1. The Labute approximate surface area is 142 Å². The summed E-state index contributed by atoms with van der Waals surface area (Å²) in [6.45, 7) is 1.02. The number of hydrogen-bond acceptors (Lipinski definition) is 2. The van der Waals surface area contributed by atoms with Crippen LogP contribution in [0.4, 0.5) is 0 Å². The number of aliphatic carboxylic acids is 1. The zero-order valence-electron chi connectivity index (χ0n) is 14.0. The Morgan fingerprint density at radius 3 is 2.54 bits per heavy atom. The molecule has 0 radical (unpaired) electrons. The van der Waals surface area contributed by atoms with Crippen molar-refractivity contribution in [2.75, 3.05) is 13.1 Å². The maximum absolute atomic E-state index is 12.7. The van der Waals surface area contributed by atoms with E-state index in [9.17, 15) is 14.7 Å². The lowest BCUT2D eigenvalue weighted by molar-refractivity contribution is -0.142. The van der Waals surface area contributed by atoms with Crippen LogP contribution in [0.5, 0.6) is 0 Å². The van der Waals surface area contributed by atoms with Crippen molar-refractivity contribution >= 4 is 11.9 Å². The first-order chi connectivity index (χ1) is 11.6.